The van der Waals surface area contributed by atoms with Gasteiger partial charge >= 0.3 is 6.01 Å². The molecule has 4 aromatic rings. The van der Waals surface area contributed by atoms with Crippen LogP contribution in [0, 0.1) is 18.3 Å². The fourth-order valence-corrected chi connectivity index (χ4v) is 4.90. The Morgan fingerprint density at radius 1 is 1.12 bits per heavy atom. The number of benzene rings is 1. The Morgan fingerprint density at radius 2 is 1.94 bits per heavy atom. The molecule has 4 heterocycles. The molecule has 1 unspecified atom stereocenters. The Labute approximate surface area is 200 Å². The summed E-state index contributed by atoms with van der Waals surface area (Å²) in [5, 5.41) is 10.5. The summed E-state index contributed by atoms with van der Waals surface area (Å²) < 4.78 is 5.80. The molecule has 0 spiro atoms. The topological polar surface area (TPSA) is 105 Å². The molecule has 0 radical (unpaired) electrons. The summed E-state index contributed by atoms with van der Waals surface area (Å²) >= 11 is 1.40. The van der Waals surface area contributed by atoms with E-state index in [0.29, 0.717) is 30.3 Å². The van der Waals surface area contributed by atoms with E-state index in [4.69, 9.17) is 4.74 Å². The Hall–Kier alpha value is -3.90. The molecule has 1 aliphatic heterocycles. The summed E-state index contributed by atoms with van der Waals surface area (Å²) in [6.45, 7) is 3.69. The maximum absolute atomic E-state index is 11.8. The summed E-state index contributed by atoms with van der Waals surface area (Å²) in [6.07, 6.45) is 3.17. The summed E-state index contributed by atoms with van der Waals surface area (Å²) in [7, 11) is 0. The number of amides is 1. The molecule has 1 aliphatic rings. The molecule has 9 heteroatoms. The molecule has 0 aliphatic carbocycles. The minimum absolute atomic E-state index is 0.208. The first-order chi connectivity index (χ1) is 16.6. The standard InChI is InChI=1S/C25H22N6O2S/c1-16-4-9-21-24(28-16)34-23(29-21)19(13-26)20-10-11-27-25(30-20)33-15-18-7-5-17(6-8-18)14-31-12-2-3-22(31)32/h4-11,19H,2-3,12,14-15H2,1H3. The van der Waals surface area contributed by atoms with Crippen molar-refractivity contribution in [2.75, 3.05) is 6.54 Å². The second kappa shape index (κ2) is 9.53. The van der Waals surface area contributed by atoms with E-state index in [1.54, 1.807) is 12.3 Å². The average molecular weight is 471 g/mol. The van der Waals surface area contributed by atoms with Gasteiger partial charge in [0.25, 0.3) is 0 Å². The highest BCUT2D eigenvalue weighted by molar-refractivity contribution is 7.18. The Kier molecular flexibility index (Phi) is 6.14. The summed E-state index contributed by atoms with van der Waals surface area (Å²) in [5.74, 6) is -0.408. The number of carbonyl (C=O) groups is 1. The van der Waals surface area contributed by atoms with Gasteiger partial charge in [-0.05, 0) is 42.7 Å². The van der Waals surface area contributed by atoms with Gasteiger partial charge in [-0.2, -0.15) is 10.2 Å². The molecule has 1 atom stereocenters. The van der Waals surface area contributed by atoms with Crippen LogP contribution < -0.4 is 4.74 Å². The van der Waals surface area contributed by atoms with E-state index in [1.165, 1.54) is 11.3 Å². The van der Waals surface area contributed by atoms with E-state index in [-0.39, 0.29) is 11.9 Å². The lowest BCUT2D eigenvalue weighted by Crippen LogP contribution is -2.23. The largest absolute Gasteiger partial charge is 0.459 e. The first kappa shape index (κ1) is 21.9. The number of likely N-dealkylation sites (tertiary alicyclic amines) is 1. The number of fused-ring (bicyclic) bond motifs is 1. The van der Waals surface area contributed by atoms with Crippen LogP contribution in [0.1, 0.15) is 46.3 Å². The van der Waals surface area contributed by atoms with E-state index in [2.05, 4.69) is 26.0 Å². The minimum Gasteiger partial charge on any atom is -0.459 e. The maximum atomic E-state index is 11.8. The van der Waals surface area contributed by atoms with Gasteiger partial charge in [0, 0.05) is 31.4 Å². The number of aryl methyl sites for hydroxylation is 1. The molecular weight excluding hydrogens is 448 g/mol. The molecule has 8 nitrogen and oxygen atoms in total. The molecule has 1 saturated heterocycles. The molecular formula is C25H22N6O2S. The van der Waals surface area contributed by atoms with Gasteiger partial charge in [0.15, 0.2) is 0 Å². The number of nitrogens with zero attached hydrogens (tertiary/aromatic N) is 6. The number of thiazole rings is 1. The van der Waals surface area contributed by atoms with Crippen molar-refractivity contribution >= 4 is 27.6 Å². The zero-order valence-electron chi connectivity index (χ0n) is 18.6. The van der Waals surface area contributed by atoms with Crippen molar-refractivity contribution in [1.29, 1.82) is 5.26 Å². The molecule has 170 valence electrons. The number of nitriles is 1. The lowest BCUT2D eigenvalue weighted by Gasteiger charge is -2.15. The summed E-state index contributed by atoms with van der Waals surface area (Å²) in [5.41, 5.74) is 4.28. The van der Waals surface area contributed by atoms with Gasteiger partial charge < -0.3 is 9.64 Å². The zero-order chi connectivity index (χ0) is 23.5. The van der Waals surface area contributed by atoms with Crippen LogP contribution in [-0.2, 0) is 17.9 Å². The Bertz CT molecular complexity index is 1380. The van der Waals surface area contributed by atoms with Crippen LogP contribution >= 0.6 is 11.3 Å². The number of pyridine rings is 1. The number of hydrogen-bond acceptors (Lipinski definition) is 8. The molecule has 1 fully saturated rings. The number of rotatable bonds is 7. The van der Waals surface area contributed by atoms with E-state index < -0.39 is 5.92 Å². The van der Waals surface area contributed by atoms with Crippen LogP contribution in [0.2, 0.25) is 0 Å². The van der Waals surface area contributed by atoms with Crippen molar-refractivity contribution in [3.05, 3.63) is 76.2 Å². The Balaban J connectivity index is 1.26. The summed E-state index contributed by atoms with van der Waals surface area (Å²) in [4.78, 5) is 32.2. The van der Waals surface area contributed by atoms with Crippen molar-refractivity contribution in [2.24, 2.45) is 0 Å². The Morgan fingerprint density at radius 3 is 2.71 bits per heavy atom. The highest BCUT2D eigenvalue weighted by atomic mass is 32.1. The second-order valence-corrected chi connectivity index (χ2v) is 9.19. The first-order valence-corrected chi connectivity index (χ1v) is 11.9. The average Bonchev–Trinajstić information content (AvgIpc) is 3.45. The van der Waals surface area contributed by atoms with Gasteiger partial charge in [-0.15, -0.1) is 0 Å². The van der Waals surface area contributed by atoms with Gasteiger partial charge in [-0.1, -0.05) is 35.6 Å². The highest BCUT2D eigenvalue weighted by Crippen LogP contribution is 2.30. The molecule has 5 rings (SSSR count). The van der Waals surface area contributed by atoms with Crippen molar-refractivity contribution < 1.29 is 9.53 Å². The van der Waals surface area contributed by atoms with Crippen molar-refractivity contribution in [1.82, 2.24) is 24.8 Å². The molecule has 0 bridgehead atoms. The van der Waals surface area contributed by atoms with Crippen LogP contribution in [0.15, 0.2) is 48.7 Å². The third-order valence-corrected chi connectivity index (χ3v) is 6.70. The third kappa shape index (κ3) is 4.72. The van der Waals surface area contributed by atoms with E-state index in [1.807, 2.05) is 48.2 Å². The smallest absolute Gasteiger partial charge is 0.316 e. The van der Waals surface area contributed by atoms with Crippen LogP contribution in [0.25, 0.3) is 10.3 Å². The molecule has 1 amide bonds. The SMILES string of the molecule is Cc1ccc2nc(C(C#N)c3ccnc(OCc4ccc(CN5CCCC5=O)cc4)n3)sc2n1. The van der Waals surface area contributed by atoms with Crippen molar-refractivity contribution in [3.8, 4) is 12.1 Å². The third-order valence-electron chi connectivity index (χ3n) is 5.67. The van der Waals surface area contributed by atoms with Gasteiger partial charge in [-0.25, -0.2) is 15.0 Å². The van der Waals surface area contributed by atoms with Gasteiger partial charge in [0.05, 0.1) is 11.8 Å². The lowest BCUT2D eigenvalue weighted by molar-refractivity contribution is -0.128. The number of aromatic nitrogens is 4. The van der Waals surface area contributed by atoms with E-state index >= 15 is 0 Å². The highest BCUT2D eigenvalue weighted by Gasteiger charge is 2.22. The predicted octanol–water partition coefficient (Wildman–Crippen LogP) is 4.15. The van der Waals surface area contributed by atoms with Gasteiger partial charge in [0.2, 0.25) is 5.91 Å². The number of carbonyl (C=O) groups excluding carboxylic acids is 1. The van der Waals surface area contributed by atoms with Gasteiger partial charge in [-0.3, -0.25) is 4.79 Å². The van der Waals surface area contributed by atoms with Gasteiger partial charge in [0.1, 0.15) is 27.9 Å². The summed E-state index contributed by atoms with van der Waals surface area (Å²) in [6, 6.07) is 16.0. The number of hydrogen-bond donors (Lipinski definition) is 0. The molecule has 0 saturated carbocycles. The quantitative estimate of drug-likeness (QED) is 0.400. The van der Waals surface area contributed by atoms with Crippen LogP contribution in [0.3, 0.4) is 0 Å². The van der Waals surface area contributed by atoms with Crippen molar-refractivity contribution in [2.45, 2.75) is 38.8 Å². The predicted molar refractivity (Wildman–Crippen MR) is 127 cm³/mol. The number of ether oxygens (including phenoxy) is 1. The molecule has 3 aromatic heterocycles. The lowest BCUT2D eigenvalue weighted by atomic mass is 10.1. The first-order valence-electron chi connectivity index (χ1n) is 11.0. The van der Waals surface area contributed by atoms with Crippen LogP contribution in [-0.4, -0.2) is 37.3 Å². The molecule has 34 heavy (non-hydrogen) atoms. The molecule has 1 aromatic carbocycles. The fraction of sp³-hybridized carbons (Fsp3) is 0.280. The van der Waals surface area contributed by atoms with E-state index in [9.17, 15) is 10.1 Å². The molecule has 0 N–H and O–H groups in total. The normalized spacial score (nSPS) is 14.4. The van der Waals surface area contributed by atoms with Crippen LogP contribution in [0.5, 0.6) is 6.01 Å². The zero-order valence-corrected chi connectivity index (χ0v) is 19.5. The second-order valence-electron chi connectivity index (χ2n) is 8.18. The van der Waals surface area contributed by atoms with Crippen LogP contribution in [0.4, 0.5) is 0 Å². The monoisotopic (exact) mass is 470 g/mol. The fourth-order valence-electron chi connectivity index (χ4n) is 3.86. The van der Waals surface area contributed by atoms with E-state index in [0.717, 1.165) is 40.1 Å². The van der Waals surface area contributed by atoms with Crippen molar-refractivity contribution in [3.63, 3.8) is 0 Å². The minimum atomic E-state index is -0.627. The maximum Gasteiger partial charge on any atom is 0.316 e.